The Hall–Kier alpha value is -2.31. The maximum absolute atomic E-state index is 12.5. The number of primary amides is 1. The molecule has 2 aliphatic rings. The van der Waals surface area contributed by atoms with Crippen LogP contribution in [0.3, 0.4) is 0 Å². The maximum atomic E-state index is 12.5. The molecule has 0 saturated carbocycles. The predicted molar refractivity (Wildman–Crippen MR) is 92.9 cm³/mol. The first-order valence-corrected chi connectivity index (χ1v) is 8.62. The average molecular weight is 331 g/mol. The number of rotatable bonds is 3. The number of hydrogen-bond acceptors (Lipinski definition) is 4. The molecule has 2 fully saturated rings. The van der Waals surface area contributed by atoms with Gasteiger partial charge in [-0.1, -0.05) is 0 Å². The fourth-order valence-electron chi connectivity index (χ4n) is 3.39. The van der Waals surface area contributed by atoms with Crippen LogP contribution >= 0.6 is 0 Å². The Morgan fingerprint density at radius 3 is 2.62 bits per heavy atom. The summed E-state index contributed by atoms with van der Waals surface area (Å²) in [6.07, 6.45) is 3.96. The third-order valence-electron chi connectivity index (χ3n) is 4.85. The number of piperidine rings is 1. The number of amides is 3. The minimum atomic E-state index is -0.333. The summed E-state index contributed by atoms with van der Waals surface area (Å²) in [7, 11) is 0. The van der Waals surface area contributed by atoms with Gasteiger partial charge in [0.2, 0.25) is 5.91 Å². The van der Waals surface area contributed by atoms with E-state index in [9.17, 15) is 9.59 Å². The fraction of sp³-hybridized carbons (Fsp3) is 0.588. The molecule has 0 bridgehead atoms. The van der Waals surface area contributed by atoms with Crippen LogP contribution in [0.5, 0.6) is 0 Å². The number of hydrogen-bond donors (Lipinski definition) is 2. The van der Waals surface area contributed by atoms with Crippen molar-refractivity contribution in [1.82, 2.24) is 9.88 Å². The molecule has 130 valence electrons. The van der Waals surface area contributed by atoms with Crippen molar-refractivity contribution >= 4 is 23.4 Å². The van der Waals surface area contributed by atoms with Gasteiger partial charge in [-0.25, -0.2) is 9.78 Å². The van der Waals surface area contributed by atoms with Gasteiger partial charge < -0.3 is 20.9 Å². The Bertz CT molecular complexity index is 627. The normalized spacial score (nSPS) is 21.0. The summed E-state index contributed by atoms with van der Waals surface area (Å²) in [6.45, 7) is 5.02. The molecule has 1 aromatic rings. The van der Waals surface area contributed by atoms with E-state index in [0.29, 0.717) is 18.8 Å². The molecule has 24 heavy (non-hydrogen) atoms. The SMILES string of the molecule is Cc1nc(N2CCCC2)ccc1NC(=O)N1CCC[C@@H](C(N)=O)C1. The zero-order valence-electron chi connectivity index (χ0n) is 14.1. The van der Waals surface area contributed by atoms with Crippen LogP contribution in [0.2, 0.25) is 0 Å². The number of anilines is 2. The number of urea groups is 1. The van der Waals surface area contributed by atoms with Crippen LogP contribution in [0.25, 0.3) is 0 Å². The molecule has 0 spiro atoms. The van der Waals surface area contributed by atoms with Crippen molar-refractivity contribution in [3.05, 3.63) is 17.8 Å². The van der Waals surface area contributed by atoms with Crippen molar-refractivity contribution in [3.63, 3.8) is 0 Å². The highest BCUT2D eigenvalue weighted by Gasteiger charge is 2.27. The van der Waals surface area contributed by atoms with Gasteiger partial charge in [0.1, 0.15) is 5.82 Å². The Labute approximate surface area is 142 Å². The number of carbonyl (C=O) groups is 2. The van der Waals surface area contributed by atoms with Gasteiger partial charge in [-0.05, 0) is 44.7 Å². The van der Waals surface area contributed by atoms with Crippen molar-refractivity contribution in [2.24, 2.45) is 11.7 Å². The van der Waals surface area contributed by atoms with E-state index in [1.165, 1.54) is 12.8 Å². The minimum absolute atomic E-state index is 0.195. The second-order valence-electron chi connectivity index (χ2n) is 6.61. The van der Waals surface area contributed by atoms with Crippen LogP contribution in [0.1, 0.15) is 31.4 Å². The van der Waals surface area contributed by atoms with Crippen LogP contribution < -0.4 is 16.0 Å². The monoisotopic (exact) mass is 331 g/mol. The molecule has 2 aliphatic heterocycles. The first-order chi connectivity index (χ1) is 11.5. The van der Waals surface area contributed by atoms with Gasteiger partial charge >= 0.3 is 6.03 Å². The second kappa shape index (κ2) is 7.07. The van der Waals surface area contributed by atoms with Gasteiger partial charge in [-0.2, -0.15) is 0 Å². The standard InChI is InChI=1S/C17H25N5O2/c1-12-14(6-7-15(19-12)21-8-2-3-9-21)20-17(24)22-10-4-5-13(11-22)16(18)23/h6-7,13H,2-5,8-11H2,1H3,(H2,18,23)(H,20,24)/t13-/m1/s1. The van der Waals surface area contributed by atoms with Gasteiger partial charge in [0, 0.05) is 26.2 Å². The van der Waals surface area contributed by atoms with Gasteiger partial charge in [-0.15, -0.1) is 0 Å². The zero-order valence-corrected chi connectivity index (χ0v) is 14.1. The summed E-state index contributed by atoms with van der Waals surface area (Å²) in [5.41, 5.74) is 6.88. The number of likely N-dealkylation sites (tertiary alicyclic amines) is 1. The van der Waals surface area contributed by atoms with Crippen LogP contribution in [0, 0.1) is 12.8 Å². The molecule has 3 N–H and O–H groups in total. The molecule has 3 rings (SSSR count). The van der Waals surface area contributed by atoms with Crippen LogP contribution in [0.15, 0.2) is 12.1 Å². The Morgan fingerprint density at radius 1 is 1.21 bits per heavy atom. The molecule has 1 atom stereocenters. The summed E-state index contributed by atoms with van der Waals surface area (Å²) in [4.78, 5) is 32.3. The number of aryl methyl sites for hydroxylation is 1. The lowest BCUT2D eigenvalue weighted by Gasteiger charge is -2.31. The summed E-state index contributed by atoms with van der Waals surface area (Å²) in [6, 6.07) is 3.67. The second-order valence-corrected chi connectivity index (χ2v) is 6.61. The number of nitrogens with two attached hydrogens (primary N) is 1. The topological polar surface area (TPSA) is 91.6 Å². The highest BCUT2D eigenvalue weighted by Crippen LogP contribution is 2.23. The van der Waals surface area contributed by atoms with E-state index in [4.69, 9.17) is 5.73 Å². The molecule has 0 aliphatic carbocycles. The number of aromatic nitrogens is 1. The number of carbonyl (C=O) groups excluding carboxylic acids is 2. The summed E-state index contributed by atoms with van der Waals surface area (Å²) < 4.78 is 0. The Kier molecular flexibility index (Phi) is 4.87. The molecule has 2 saturated heterocycles. The van der Waals surface area contributed by atoms with E-state index in [1.54, 1.807) is 4.90 Å². The molecule has 1 aromatic heterocycles. The number of nitrogens with one attached hydrogen (secondary N) is 1. The molecule has 3 amide bonds. The largest absolute Gasteiger partial charge is 0.369 e. The van der Waals surface area contributed by atoms with E-state index >= 15 is 0 Å². The van der Waals surface area contributed by atoms with Crippen LogP contribution in [-0.4, -0.2) is 48.0 Å². The van der Waals surface area contributed by atoms with E-state index in [2.05, 4.69) is 15.2 Å². The lowest BCUT2D eigenvalue weighted by atomic mass is 9.98. The van der Waals surface area contributed by atoms with Crippen molar-refractivity contribution in [2.75, 3.05) is 36.4 Å². The quantitative estimate of drug-likeness (QED) is 0.882. The van der Waals surface area contributed by atoms with Crippen molar-refractivity contribution < 1.29 is 9.59 Å². The van der Waals surface area contributed by atoms with Gasteiger partial charge in [0.05, 0.1) is 17.3 Å². The van der Waals surface area contributed by atoms with Crippen LogP contribution in [-0.2, 0) is 4.79 Å². The molecule has 0 unspecified atom stereocenters. The molecule has 0 radical (unpaired) electrons. The minimum Gasteiger partial charge on any atom is -0.369 e. The van der Waals surface area contributed by atoms with Crippen molar-refractivity contribution in [1.29, 1.82) is 0 Å². The summed E-state index contributed by atoms with van der Waals surface area (Å²) >= 11 is 0. The van der Waals surface area contributed by atoms with E-state index in [-0.39, 0.29) is 17.9 Å². The molecule has 7 heteroatoms. The molecule has 3 heterocycles. The average Bonchev–Trinajstić information content (AvgIpc) is 3.11. The maximum Gasteiger partial charge on any atom is 0.321 e. The zero-order chi connectivity index (χ0) is 17.1. The molecule has 7 nitrogen and oxygen atoms in total. The number of pyridine rings is 1. The van der Waals surface area contributed by atoms with E-state index in [1.807, 2.05) is 19.1 Å². The Balaban J connectivity index is 1.64. The highest BCUT2D eigenvalue weighted by atomic mass is 16.2. The lowest BCUT2D eigenvalue weighted by molar-refractivity contribution is -0.123. The van der Waals surface area contributed by atoms with E-state index < -0.39 is 0 Å². The van der Waals surface area contributed by atoms with Gasteiger partial charge in [0.15, 0.2) is 0 Å². The Morgan fingerprint density at radius 2 is 1.96 bits per heavy atom. The predicted octanol–water partition coefficient (Wildman–Crippen LogP) is 1.72. The highest BCUT2D eigenvalue weighted by molar-refractivity contribution is 5.90. The third-order valence-corrected chi connectivity index (χ3v) is 4.85. The summed E-state index contributed by atoms with van der Waals surface area (Å²) in [5.74, 6) is 0.386. The first kappa shape index (κ1) is 16.5. The first-order valence-electron chi connectivity index (χ1n) is 8.62. The number of nitrogens with zero attached hydrogens (tertiary/aromatic N) is 3. The smallest absolute Gasteiger partial charge is 0.321 e. The van der Waals surface area contributed by atoms with Gasteiger partial charge in [0.25, 0.3) is 0 Å². The van der Waals surface area contributed by atoms with Gasteiger partial charge in [-0.3, -0.25) is 4.79 Å². The summed E-state index contributed by atoms with van der Waals surface area (Å²) in [5, 5.41) is 2.91. The molecular weight excluding hydrogens is 306 g/mol. The lowest BCUT2D eigenvalue weighted by Crippen LogP contribution is -2.45. The third kappa shape index (κ3) is 3.60. The fourth-order valence-corrected chi connectivity index (χ4v) is 3.39. The van der Waals surface area contributed by atoms with E-state index in [0.717, 1.165) is 37.4 Å². The molecule has 0 aromatic carbocycles. The molecular formula is C17H25N5O2. The van der Waals surface area contributed by atoms with Crippen molar-refractivity contribution in [2.45, 2.75) is 32.6 Å². The van der Waals surface area contributed by atoms with Crippen LogP contribution in [0.4, 0.5) is 16.3 Å². The van der Waals surface area contributed by atoms with Crippen molar-refractivity contribution in [3.8, 4) is 0 Å².